The summed E-state index contributed by atoms with van der Waals surface area (Å²) >= 11 is 0. The van der Waals surface area contributed by atoms with Crippen LogP contribution in [0, 0.1) is 0 Å². The largest absolute Gasteiger partial charge is 0.480 e. The molecule has 0 saturated heterocycles. The van der Waals surface area contributed by atoms with Crippen molar-refractivity contribution in [3.63, 3.8) is 0 Å². The molecule has 7 heteroatoms. The Kier molecular flexibility index (Phi) is 4.77. The average molecular weight is 326 g/mol. The molecule has 1 aliphatic carbocycles. The number of hydrogen-bond donors (Lipinski definition) is 2. The van der Waals surface area contributed by atoms with Gasteiger partial charge in [0.2, 0.25) is 10.0 Å². The van der Waals surface area contributed by atoms with E-state index >= 15 is 0 Å². The quantitative estimate of drug-likeness (QED) is 0.862. The van der Waals surface area contributed by atoms with E-state index in [0.29, 0.717) is 25.7 Å². The molecule has 0 aromatic heterocycles. The van der Waals surface area contributed by atoms with E-state index in [-0.39, 0.29) is 4.90 Å². The minimum Gasteiger partial charge on any atom is -0.480 e. The van der Waals surface area contributed by atoms with Crippen LogP contribution < -0.4 is 9.62 Å². The Hall–Kier alpha value is -1.60. The van der Waals surface area contributed by atoms with Crippen molar-refractivity contribution in [3.8, 4) is 0 Å². The van der Waals surface area contributed by atoms with E-state index in [1.807, 2.05) is 19.0 Å². The molecule has 0 amide bonds. The summed E-state index contributed by atoms with van der Waals surface area (Å²) in [5.74, 6) is -1.10. The van der Waals surface area contributed by atoms with Gasteiger partial charge < -0.3 is 10.0 Å². The molecule has 2 rings (SSSR count). The maximum atomic E-state index is 12.5. The third kappa shape index (κ3) is 3.41. The average Bonchev–Trinajstić information content (AvgIpc) is 2.47. The fourth-order valence-electron chi connectivity index (χ4n) is 2.75. The van der Waals surface area contributed by atoms with E-state index < -0.39 is 21.5 Å². The molecule has 2 N–H and O–H groups in total. The lowest BCUT2D eigenvalue weighted by Gasteiger charge is -2.33. The fraction of sp³-hybridized carbons (Fsp3) is 0.533. The van der Waals surface area contributed by atoms with Crippen LogP contribution in [-0.4, -0.2) is 39.1 Å². The lowest BCUT2D eigenvalue weighted by atomic mass is 9.83. The third-order valence-electron chi connectivity index (χ3n) is 4.11. The Morgan fingerprint density at radius 3 is 2.14 bits per heavy atom. The van der Waals surface area contributed by atoms with Crippen molar-refractivity contribution in [2.24, 2.45) is 0 Å². The van der Waals surface area contributed by atoms with Crippen molar-refractivity contribution in [2.75, 3.05) is 19.0 Å². The Balaban J connectivity index is 2.27. The number of nitrogens with zero attached hydrogens (tertiary/aromatic N) is 1. The zero-order chi connectivity index (χ0) is 16.4. The molecular formula is C15H22N2O4S. The lowest BCUT2D eigenvalue weighted by molar-refractivity contribution is -0.145. The van der Waals surface area contributed by atoms with Gasteiger partial charge in [0, 0.05) is 19.8 Å². The Morgan fingerprint density at radius 2 is 1.68 bits per heavy atom. The summed E-state index contributed by atoms with van der Waals surface area (Å²) in [5.41, 5.74) is -0.498. The van der Waals surface area contributed by atoms with Gasteiger partial charge in [0.15, 0.2) is 0 Å². The number of aliphatic carboxylic acids is 1. The zero-order valence-corrected chi connectivity index (χ0v) is 13.7. The number of sulfonamides is 1. The van der Waals surface area contributed by atoms with Gasteiger partial charge in [-0.3, -0.25) is 4.79 Å². The predicted octanol–water partition coefficient (Wildman–Crippen LogP) is 1.82. The molecule has 22 heavy (non-hydrogen) atoms. The SMILES string of the molecule is CN(C)c1ccc(S(=O)(=O)NC2(C(=O)O)CCCCC2)cc1. The van der Waals surface area contributed by atoms with Gasteiger partial charge in [-0.2, -0.15) is 4.72 Å². The second kappa shape index (κ2) is 6.26. The van der Waals surface area contributed by atoms with E-state index in [2.05, 4.69) is 4.72 Å². The van der Waals surface area contributed by atoms with Gasteiger partial charge in [0.1, 0.15) is 5.54 Å². The van der Waals surface area contributed by atoms with Crippen LogP contribution in [0.4, 0.5) is 5.69 Å². The number of nitrogens with one attached hydrogen (secondary N) is 1. The lowest BCUT2D eigenvalue weighted by Crippen LogP contribution is -2.55. The Labute approximate surface area is 131 Å². The Morgan fingerprint density at radius 1 is 1.14 bits per heavy atom. The van der Waals surface area contributed by atoms with Crippen LogP contribution >= 0.6 is 0 Å². The van der Waals surface area contributed by atoms with Gasteiger partial charge in [-0.1, -0.05) is 19.3 Å². The third-order valence-corrected chi connectivity index (χ3v) is 5.66. The molecule has 122 valence electrons. The van der Waals surface area contributed by atoms with Gasteiger partial charge in [-0.25, -0.2) is 8.42 Å². The molecule has 1 aliphatic rings. The first-order chi connectivity index (χ1) is 10.3. The molecule has 0 atom stereocenters. The van der Waals surface area contributed by atoms with E-state index in [0.717, 1.165) is 12.1 Å². The fourth-order valence-corrected chi connectivity index (χ4v) is 4.17. The van der Waals surface area contributed by atoms with Crippen molar-refractivity contribution in [1.29, 1.82) is 0 Å². The minimum absolute atomic E-state index is 0.0873. The van der Waals surface area contributed by atoms with Gasteiger partial charge in [0.05, 0.1) is 4.90 Å². The zero-order valence-electron chi connectivity index (χ0n) is 12.9. The highest BCUT2D eigenvalue weighted by Gasteiger charge is 2.43. The van der Waals surface area contributed by atoms with Crippen LogP contribution in [0.1, 0.15) is 32.1 Å². The second-order valence-electron chi connectivity index (χ2n) is 5.94. The first-order valence-corrected chi connectivity index (χ1v) is 8.80. The van der Waals surface area contributed by atoms with Crippen molar-refractivity contribution in [3.05, 3.63) is 24.3 Å². The molecule has 1 saturated carbocycles. The maximum Gasteiger partial charge on any atom is 0.324 e. The molecule has 6 nitrogen and oxygen atoms in total. The van der Waals surface area contributed by atoms with Crippen LogP contribution in [0.5, 0.6) is 0 Å². The highest BCUT2D eigenvalue weighted by atomic mass is 32.2. The molecule has 1 fully saturated rings. The number of carbonyl (C=O) groups is 1. The molecule has 0 unspecified atom stereocenters. The van der Waals surface area contributed by atoms with Crippen molar-refractivity contribution >= 4 is 21.7 Å². The van der Waals surface area contributed by atoms with E-state index in [9.17, 15) is 18.3 Å². The summed E-state index contributed by atoms with van der Waals surface area (Å²) < 4.78 is 27.4. The number of carboxylic acid groups (broad SMARTS) is 1. The van der Waals surface area contributed by atoms with Gasteiger partial charge >= 0.3 is 5.97 Å². The van der Waals surface area contributed by atoms with Crippen LogP contribution in [0.2, 0.25) is 0 Å². The topological polar surface area (TPSA) is 86.7 Å². The van der Waals surface area contributed by atoms with Gasteiger partial charge in [0.25, 0.3) is 0 Å². The second-order valence-corrected chi connectivity index (χ2v) is 7.62. The number of benzene rings is 1. The van der Waals surface area contributed by atoms with Crippen molar-refractivity contribution < 1.29 is 18.3 Å². The first-order valence-electron chi connectivity index (χ1n) is 7.32. The summed E-state index contributed by atoms with van der Waals surface area (Å²) in [4.78, 5) is 13.5. The minimum atomic E-state index is -3.86. The van der Waals surface area contributed by atoms with E-state index in [4.69, 9.17) is 0 Å². The van der Waals surface area contributed by atoms with Gasteiger partial charge in [-0.05, 0) is 37.1 Å². The highest BCUT2D eigenvalue weighted by Crippen LogP contribution is 2.30. The highest BCUT2D eigenvalue weighted by molar-refractivity contribution is 7.89. The van der Waals surface area contributed by atoms with Crippen molar-refractivity contribution in [1.82, 2.24) is 4.72 Å². The molecule has 0 radical (unpaired) electrons. The molecule has 0 aliphatic heterocycles. The first kappa shape index (κ1) is 16.8. The summed E-state index contributed by atoms with van der Waals surface area (Å²) in [6.45, 7) is 0. The van der Waals surface area contributed by atoms with E-state index in [1.165, 1.54) is 12.1 Å². The van der Waals surface area contributed by atoms with Crippen LogP contribution in [0.15, 0.2) is 29.2 Å². The maximum absolute atomic E-state index is 12.5. The van der Waals surface area contributed by atoms with Crippen LogP contribution in [0.3, 0.4) is 0 Å². The van der Waals surface area contributed by atoms with Crippen LogP contribution in [-0.2, 0) is 14.8 Å². The summed E-state index contributed by atoms with van der Waals surface area (Å²) in [6.07, 6.45) is 3.03. The molecule has 1 aromatic carbocycles. The summed E-state index contributed by atoms with van der Waals surface area (Å²) in [5, 5.41) is 9.48. The molecule has 0 spiro atoms. The number of anilines is 1. The summed E-state index contributed by atoms with van der Waals surface area (Å²) in [6, 6.07) is 6.39. The predicted molar refractivity (Wildman–Crippen MR) is 84.5 cm³/mol. The monoisotopic (exact) mass is 326 g/mol. The normalized spacial score (nSPS) is 17.9. The number of carboxylic acids is 1. The van der Waals surface area contributed by atoms with Crippen LogP contribution in [0.25, 0.3) is 0 Å². The Bertz CT molecular complexity index is 632. The molecule has 1 aromatic rings. The molecular weight excluding hydrogens is 304 g/mol. The number of rotatable bonds is 5. The number of hydrogen-bond acceptors (Lipinski definition) is 4. The summed E-state index contributed by atoms with van der Waals surface area (Å²) in [7, 11) is -0.127. The molecule has 0 heterocycles. The molecule has 0 bridgehead atoms. The smallest absolute Gasteiger partial charge is 0.324 e. The van der Waals surface area contributed by atoms with Gasteiger partial charge in [-0.15, -0.1) is 0 Å². The van der Waals surface area contributed by atoms with E-state index in [1.54, 1.807) is 12.1 Å². The van der Waals surface area contributed by atoms with Crippen molar-refractivity contribution in [2.45, 2.75) is 42.5 Å². The standard InChI is InChI=1S/C15H22N2O4S/c1-17(2)12-6-8-13(9-7-12)22(20,21)16-15(14(18)19)10-4-3-5-11-15/h6-9,16H,3-5,10-11H2,1-2H3,(H,18,19).